The van der Waals surface area contributed by atoms with E-state index in [-0.39, 0.29) is 18.1 Å². The van der Waals surface area contributed by atoms with Gasteiger partial charge in [-0.05, 0) is 12.8 Å². The van der Waals surface area contributed by atoms with Crippen LogP contribution in [0.25, 0.3) is 0 Å². The minimum absolute atomic E-state index is 0.250. The van der Waals surface area contributed by atoms with Crippen molar-refractivity contribution < 1.29 is 14.3 Å². The van der Waals surface area contributed by atoms with Crippen LogP contribution in [0.1, 0.15) is 26.2 Å². The van der Waals surface area contributed by atoms with Gasteiger partial charge in [-0.25, -0.2) is 4.79 Å². The second-order valence-corrected chi connectivity index (χ2v) is 7.00. The Balaban J connectivity index is 1.62. The summed E-state index contributed by atoms with van der Waals surface area (Å²) in [6, 6.07) is -0.782. The van der Waals surface area contributed by atoms with Gasteiger partial charge in [0.15, 0.2) is 12.0 Å². The number of rotatable bonds is 7. The fraction of sp³-hybridized carbons (Fsp3) is 0.824. The van der Waals surface area contributed by atoms with Gasteiger partial charge in [-0.1, -0.05) is 13.3 Å². The normalized spacial score (nSPS) is 28.3. The van der Waals surface area contributed by atoms with Gasteiger partial charge in [0.25, 0.3) is 5.91 Å². The maximum absolute atomic E-state index is 12.4. The van der Waals surface area contributed by atoms with Gasteiger partial charge in [0.1, 0.15) is 6.17 Å². The van der Waals surface area contributed by atoms with E-state index < -0.39 is 6.04 Å². The van der Waals surface area contributed by atoms with E-state index in [9.17, 15) is 9.59 Å². The maximum Gasteiger partial charge on any atom is 0.325 e. The van der Waals surface area contributed by atoms with E-state index in [1.165, 1.54) is 0 Å². The third-order valence-electron chi connectivity index (χ3n) is 5.17. The number of ether oxygens (including phenoxy) is 1. The van der Waals surface area contributed by atoms with Crippen molar-refractivity contribution in [3.8, 4) is 0 Å². The molecule has 146 valence electrons. The van der Waals surface area contributed by atoms with Gasteiger partial charge in [-0.3, -0.25) is 20.0 Å². The highest BCUT2D eigenvalue weighted by molar-refractivity contribution is 6.04. The highest BCUT2D eigenvalue weighted by Gasteiger charge is 2.49. The van der Waals surface area contributed by atoms with Crippen LogP contribution in [0.15, 0.2) is 4.99 Å². The summed E-state index contributed by atoms with van der Waals surface area (Å²) in [5.74, 6) is 0.479. The van der Waals surface area contributed by atoms with E-state index >= 15 is 0 Å². The summed E-state index contributed by atoms with van der Waals surface area (Å²) >= 11 is 0. The SMILES string of the molecule is CCCCN1C(=NCCCN2CCOCC2)NC2C1C(=O)NC(=O)N2C. The Morgan fingerprint density at radius 3 is 2.69 bits per heavy atom. The van der Waals surface area contributed by atoms with Crippen molar-refractivity contribution >= 4 is 17.9 Å². The number of nitrogens with one attached hydrogen (secondary N) is 2. The first kappa shape index (κ1) is 18.9. The molecule has 9 nitrogen and oxygen atoms in total. The van der Waals surface area contributed by atoms with Crippen molar-refractivity contribution in [3.05, 3.63) is 0 Å². The maximum atomic E-state index is 12.4. The Hall–Kier alpha value is -1.87. The summed E-state index contributed by atoms with van der Waals surface area (Å²) in [5.41, 5.74) is 0. The molecule has 3 rings (SSSR count). The molecule has 26 heavy (non-hydrogen) atoms. The second-order valence-electron chi connectivity index (χ2n) is 7.00. The number of carbonyl (C=O) groups is 2. The molecule has 3 fully saturated rings. The van der Waals surface area contributed by atoms with E-state index in [0.717, 1.165) is 64.6 Å². The van der Waals surface area contributed by atoms with Gasteiger partial charge >= 0.3 is 6.03 Å². The molecular weight excluding hydrogens is 336 g/mol. The van der Waals surface area contributed by atoms with Crippen molar-refractivity contribution in [1.29, 1.82) is 0 Å². The summed E-state index contributed by atoms with van der Waals surface area (Å²) in [5, 5.41) is 5.72. The minimum atomic E-state index is -0.415. The first-order chi connectivity index (χ1) is 12.6. The molecule has 0 aliphatic carbocycles. The monoisotopic (exact) mass is 366 g/mol. The molecule has 0 aromatic rings. The van der Waals surface area contributed by atoms with E-state index in [1.54, 1.807) is 11.9 Å². The summed E-state index contributed by atoms with van der Waals surface area (Å²) < 4.78 is 5.37. The number of hydrogen-bond donors (Lipinski definition) is 2. The molecule has 3 saturated heterocycles. The van der Waals surface area contributed by atoms with E-state index in [2.05, 4.69) is 22.5 Å². The largest absolute Gasteiger partial charge is 0.379 e. The van der Waals surface area contributed by atoms with Gasteiger partial charge in [-0.2, -0.15) is 0 Å². The molecule has 0 saturated carbocycles. The lowest BCUT2D eigenvalue weighted by molar-refractivity contribution is -0.127. The predicted octanol–water partition coefficient (Wildman–Crippen LogP) is -0.354. The van der Waals surface area contributed by atoms with Crippen LogP contribution >= 0.6 is 0 Å². The molecule has 2 N–H and O–H groups in total. The molecule has 2 atom stereocenters. The number of guanidine groups is 1. The number of hydrogen-bond acceptors (Lipinski definition) is 5. The third-order valence-corrected chi connectivity index (χ3v) is 5.17. The number of likely N-dealkylation sites (N-methyl/N-ethyl adjacent to an activating group) is 1. The zero-order valence-electron chi connectivity index (χ0n) is 15.7. The zero-order valence-corrected chi connectivity index (χ0v) is 15.7. The molecule has 3 aliphatic heterocycles. The molecule has 0 aromatic heterocycles. The van der Waals surface area contributed by atoms with Crippen molar-refractivity contribution in [2.75, 3.05) is 53.0 Å². The molecule has 3 heterocycles. The zero-order chi connectivity index (χ0) is 18.5. The fourth-order valence-corrected chi connectivity index (χ4v) is 3.60. The standard InChI is InChI=1S/C17H30N6O3/c1-3-4-8-23-13-14(21(2)17(25)20-15(13)24)19-16(23)18-6-5-7-22-9-11-26-12-10-22/h13-14H,3-12H2,1-2H3,(H,18,19)(H,20,24,25). The van der Waals surface area contributed by atoms with Crippen LogP contribution < -0.4 is 10.6 Å². The lowest BCUT2D eigenvalue weighted by Gasteiger charge is -2.35. The van der Waals surface area contributed by atoms with Crippen LogP contribution in [0.5, 0.6) is 0 Å². The Labute approximate surface area is 154 Å². The Morgan fingerprint density at radius 1 is 1.19 bits per heavy atom. The summed E-state index contributed by atoms with van der Waals surface area (Å²) in [4.78, 5) is 34.9. The Bertz CT molecular complexity index is 549. The molecule has 2 unspecified atom stereocenters. The first-order valence-corrected chi connectivity index (χ1v) is 9.57. The van der Waals surface area contributed by atoms with E-state index in [0.29, 0.717) is 6.54 Å². The average Bonchev–Trinajstić information content (AvgIpc) is 3.01. The highest BCUT2D eigenvalue weighted by Crippen LogP contribution is 2.21. The van der Waals surface area contributed by atoms with Crippen LogP contribution in [0.3, 0.4) is 0 Å². The molecule has 0 aromatic carbocycles. The van der Waals surface area contributed by atoms with E-state index in [4.69, 9.17) is 9.73 Å². The number of fused-ring (bicyclic) bond motifs is 1. The van der Waals surface area contributed by atoms with E-state index in [1.807, 2.05) is 4.90 Å². The van der Waals surface area contributed by atoms with Gasteiger partial charge in [0.2, 0.25) is 0 Å². The number of carbonyl (C=O) groups excluding carboxylic acids is 2. The highest BCUT2D eigenvalue weighted by atomic mass is 16.5. The van der Waals surface area contributed by atoms with Crippen molar-refractivity contribution in [2.45, 2.75) is 38.4 Å². The smallest absolute Gasteiger partial charge is 0.325 e. The minimum Gasteiger partial charge on any atom is -0.379 e. The Kier molecular flexibility index (Phi) is 6.31. The van der Waals surface area contributed by atoms with Crippen LogP contribution in [-0.4, -0.2) is 97.8 Å². The summed E-state index contributed by atoms with van der Waals surface area (Å²) in [7, 11) is 1.70. The molecule has 0 bridgehead atoms. The van der Waals surface area contributed by atoms with Crippen LogP contribution in [-0.2, 0) is 9.53 Å². The third kappa shape index (κ3) is 4.09. The van der Waals surface area contributed by atoms with Crippen LogP contribution in [0, 0.1) is 0 Å². The number of unbranched alkanes of at least 4 members (excludes halogenated alkanes) is 1. The van der Waals surface area contributed by atoms with Gasteiger partial charge in [0, 0.05) is 39.8 Å². The molecule has 3 amide bonds. The van der Waals surface area contributed by atoms with Gasteiger partial charge < -0.3 is 19.9 Å². The number of nitrogens with zero attached hydrogens (tertiary/aromatic N) is 4. The Morgan fingerprint density at radius 2 is 1.96 bits per heavy atom. The molecule has 0 spiro atoms. The van der Waals surface area contributed by atoms with Gasteiger partial charge in [-0.15, -0.1) is 0 Å². The summed E-state index contributed by atoms with van der Waals surface area (Å²) in [6.07, 6.45) is 2.62. The average molecular weight is 366 g/mol. The van der Waals surface area contributed by atoms with Gasteiger partial charge in [0.05, 0.1) is 13.2 Å². The number of urea groups is 1. The number of imide groups is 1. The van der Waals surface area contributed by atoms with Crippen molar-refractivity contribution in [1.82, 2.24) is 25.3 Å². The van der Waals surface area contributed by atoms with Crippen molar-refractivity contribution in [2.24, 2.45) is 4.99 Å². The molecule has 0 radical (unpaired) electrons. The lowest BCUT2D eigenvalue weighted by atomic mass is 10.1. The fourth-order valence-electron chi connectivity index (χ4n) is 3.60. The first-order valence-electron chi connectivity index (χ1n) is 9.57. The quantitative estimate of drug-likeness (QED) is 0.599. The molecular formula is C17H30N6O3. The predicted molar refractivity (Wildman–Crippen MR) is 97.8 cm³/mol. The molecule has 9 heteroatoms. The van der Waals surface area contributed by atoms with Crippen molar-refractivity contribution in [3.63, 3.8) is 0 Å². The topological polar surface area (TPSA) is 89.5 Å². The molecule has 3 aliphatic rings. The number of amides is 3. The van der Waals surface area contributed by atoms with Crippen LogP contribution in [0.4, 0.5) is 4.79 Å². The number of aliphatic imine (C=N–C) groups is 1. The second kappa shape index (κ2) is 8.68. The van der Waals surface area contributed by atoms with Crippen LogP contribution in [0.2, 0.25) is 0 Å². The lowest BCUT2D eigenvalue weighted by Crippen LogP contribution is -2.64. The summed E-state index contributed by atoms with van der Waals surface area (Å²) in [6.45, 7) is 8.14. The number of morpholine rings is 1.